The number of nitrogen functional groups attached to an aromatic ring is 1. The van der Waals surface area contributed by atoms with Crippen LogP contribution in [0.4, 0.5) is 20.2 Å². The van der Waals surface area contributed by atoms with E-state index < -0.39 is 34.1 Å². The molecule has 0 aliphatic heterocycles. The Morgan fingerprint density at radius 2 is 1.35 bits per heavy atom. The van der Waals surface area contributed by atoms with Gasteiger partial charge in [0, 0.05) is 12.1 Å². The third-order valence-corrected chi connectivity index (χ3v) is 3.48. The highest BCUT2D eigenvalue weighted by Gasteiger charge is 2.19. The number of hydrogen-bond donors (Lipinski definition) is 3. The lowest BCUT2D eigenvalue weighted by molar-refractivity contribution is -0.387. The fourth-order valence-corrected chi connectivity index (χ4v) is 2.11. The predicted molar refractivity (Wildman–Crippen MR) is 90.9 cm³/mol. The molecule has 0 radical (unpaired) electrons. The molecule has 12 heteroatoms. The van der Waals surface area contributed by atoms with E-state index in [1.165, 1.54) is 0 Å². The number of hydrogen-bond acceptors (Lipinski definition) is 5. The van der Waals surface area contributed by atoms with Gasteiger partial charge < -0.3 is 17.2 Å². The van der Waals surface area contributed by atoms with Crippen molar-refractivity contribution in [3.8, 4) is 0 Å². The van der Waals surface area contributed by atoms with Crippen LogP contribution >= 0.6 is 23.2 Å². The van der Waals surface area contributed by atoms with Crippen molar-refractivity contribution in [2.45, 2.75) is 0 Å². The van der Waals surface area contributed by atoms with Gasteiger partial charge in [-0.1, -0.05) is 23.2 Å². The van der Waals surface area contributed by atoms with E-state index in [0.29, 0.717) is 12.1 Å². The van der Waals surface area contributed by atoms with Gasteiger partial charge in [0.1, 0.15) is 5.82 Å². The van der Waals surface area contributed by atoms with Crippen LogP contribution in [0.25, 0.3) is 0 Å². The van der Waals surface area contributed by atoms with E-state index in [1.54, 1.807) is 0 Å². The predicted octanol–water partition coefficient (Wildman–Crippen LogP) is 2.65. The second-order valence-electron chi connectivity index (χ2n) is 4.62. The average Bonchev–Trinajstić information content (AvgIpc) is 2.50. The topological polar surface area (TPSA) is 155 Å². The molecule has 0 saturated carbocycles. The summed E-state index contributed by atoms with van der Waals surface area (Å²) in [5, 5.41) is 10.00. The minimum absolute atomic E-state index is 0.0237. The Balaban J connectivity index is 0.000000263. The fraction of sp³-hybridized carbons (Fsp3) is 0. The van der Waals surface area contributed by atoms with E-state index >= 15 is 0 Å². The van der Waals surface area contributed by atoms with Crippen molar-refractivity contribution in [3.63, 3.8) is 0 Å². The summed E-state index contributed by atoms with van der Waals surface area (Å²) in [5.41, 5.74) is 13.8. The molecule has 0 aliphatic carbocycles. The summed E-state index contributed by atoms with van der Waals surface area (Å²) >= 11 is 10.9. The Hall–Kier alpha value is -2.98. The largest absolute Gasteiger partial charge is 0.396 e. The molecule has 26 heavy (non-hydrogen) atoms. The van der Waals surface area contributed by atoms with Crippen molar-refractivity contribution in [3.05, 3.63) is 67.2 Å². The first-order valence-electron chi connectivity index (χ1n) is 6.43. The van der Waals surface area contributed by atoms with Crippen molar-refractivity contribution in [1.29, 1.82) is 0 Å². The zero-order valence-corrected chi connectivity index (χ0v) is 14.1. The number of primary amides is 2. The monoisotopic (exact) mass is 406 g/mol. The molecule has 0 bridgehead atoms. The summed E-state index contributed by atoms with van der Waals surface area (Å²) in [6.07, 6.45) is 0. The maximum atomic E-state index is 12.9. The number of nitro benzene ring substituents is 1. The number of anilines is 1. The number of halogens is 4. The first-order chi connectivity index (χ1) is 12.0. The third kappa shape index (κ3) is 5.01. The van der Waals surface area contributed by atoms with E-state index in [1.807, 2.05) is 0 Å². The molecule has 2 aromatic rings. The molecule has 6 N–H and O–H groups in total. The lowest BCUT2D eigenvalue weighted by Gasteiger charge is -2.01. The van der Waals surface area contributed by atoms with Crippen molar-refractivity contribution in [2.75, 3.05) is 5.73 Å². The molecule has 2 amide bonds. The van der Waals surface area contributed by atoms with Crippen LogP contribution in [0.2, 0.25) is 10.0 Å². The number of carbonyl (C=O) groups excluding carboxylic acids is 2. The Bertz CT molecular complexity index is 874. The van der Waals surface area contributed by atoms with Crippen LogP contribution in [0.5, 0.6) is 0 Å². The number of rotatable bonds is 3. The van der Waals surface area contributed by atoms with Gasteiger partial charge in [-0.15, -0.1) is 0 Å². The van der Waals surface area contributed by atoms with Crippen LogP contribution in [0.3, 0.4) is 0 Å². The second kappa shape index (κ2) is 8.41. The minimum Gasteiger partial charge on any atom is -0.396 e. The Kier molecular flexibility index (Phi) is 6.81. The molecule has 2 aromatic carbocycles. The van der Waals surface area contributed by atoms with Gasteiger partial charge in [0.2, 0.25) is 17.6 Å². The first kappa shape index (κ1) is 21.1. The molecule has 138 valence electrons. The highest BCUT2D eigenvalue weighted by molar-refractivity contribution is 6.34. The fourth-order valence-electron chi connectivity index (χ4n) is 1.62. The number of nitrogens with two attached hydrogens (primary N) is 3. The molecule has 0 heterocycles. The minimum atomic E-state index is -1.11. The molecule has 8 nitrogen and oxygen atoms in total. The summed E-state index contributed by atoms with van der Waals surface area (Å²) in [6.45, 7) is 0. The zero-order valence-electron chi connectivity index (χ0n) is 12.6. The van der Waals surface area contributed by atoms with Gasteiger partial charge in [0.05, 0.1) is 31.8 Å². The number of nitrogens with zero attached hydrogens (tertiary/aromatic N) is 1. The van der Waals surface area contributed by atoms with Gasteiger partial charge in [-0.2, -0.15) is 4.39 Å². The smallest absolute Gasteiger partial charge is 0.305 e. The van der Waals surface area contributed by atoms with Crippen LogP contribution in [0, 0.1) is 21.7 Å². The van der Waals surface area contributed by atoms with Crippen LogP contribution in [0.15, 0.2) is 24.3 Å². The summed E-state index contributed by atoms with van der Waals surface area (Å²) in [6, 6.07) is 3.46. The molecular weight excluding hydrogens is 397 g/mol. The molecule has 2 rings (SSSR count). The highest BCUT2D eigenvalue weighted by atomic mass is 35.5. The van der Waals surface area contributed by atoms with Crippen LogP contribution < -0.4 is 17.2 Å². The van der Waals surface area contributed by atoms with E-state index in [-0.39, 0.29) is 26.9 Å². The Morgan fingerprint density at radius 3 is 1.77 bits per heavy atom. The van der Waals surface area contributed by atoms with Crippen molar-refractivity contribution < 1.29 is 23.3 Å². The lowest BCUT2D eigenvalue weighted by atomic mass is 10.2. The van der Waals surface area contributed by atoms with Gasteiger partial charge in [-0.25, -0.2) is 4.39 Å². The summed E-state index contributed by atoms with van der Waals surface area (Å²) in [4.78, 5) is 30.7. The number of amides is 2. The maximum Gasteiger partial charge on any atom is 0.305 e. The van der Waals surface area contributed by atoms with E-state index in [2.05, 4.69) is 0 Å². The van der Waals surface area contributed by atoms with E-state index in [9.17, 15) is 28.5 Å². The van der Waals surface area contributed by atoms with Gasteiger partial charge in [-0.05, 0) is 12.1 Å². The third-order valence-electron chi connectivity index (χ3n) is 2.85. The number of benzene rings is 2. The van der Waals surface area contributed by atoms with Gasteiger partial charge in [-0.3, -0.25) is 19.7 Å². The van der Waals surface area contributed by atoms with E-state index in [0.717, 1.165) is 12.1 Å². The van der Waals surface area contributed by atoms with Crippen LogP contribution in [-0.2, 0) is 0 Å². The van der Waals surface area contributed by atoms with Gasteiger partial charge >= 0.3 is 5.69 Å². The average molecular weight is 407 g/mol. The van der Waals surface area contributed by atoms with Crippen molar-refractivity contribution in [2.24, 2.45) is 11.5 Å². The SMILES string of the molecule is NC(=O)c1cc(N)c(F)cc1Cl.NC(=O)c1cc([N+](=O)[O-])c(F)cc1Cl. The van der Waals surface area contributed by atoms with Gasteiger partial charge in [0.15, 0.2) is 0 Å². The molecule has 0 saturated heterocycles. The van der Waals surface area contributed by atoms with Crippen LogP contribution in [-0.4, -0.2) is 16.7 Å². The number of carbonyl (C=O) groups is 2. The van der Waals surface area contributed by atoms with Crippen LogP contribution in [0.1, 0.15) is 20.7 Å². The maximum absolute atomic E-state index is 12.9. The Morgan fingerprint density at radius 1 is 0.923 bits per heavy atom. The summed E-state index contributed by atoms with van der Waals surface area (Å²) in [7, 11) is 0. The number of nitro groups is 1. The zero-order chi connectivity index (χ0) is 20.2. The normalized spacial score (nSPS) is 9.85. The Labute approximate surface area is 154 Å². The lowest BCUT2D eigenvalue weighted by Crippen LogP contribution is -2.12. The molecule has 0 unspecified atom stereocenters. The van der Waals surface area contributed by atoms with Crippen molar-refractivity contribution >= 4 is 46.4 Å². The quantitative estimate of drug-likeness (QED) is 0.405. The molecule has 0 spiro atoms. The summed E-state index contributed by atoms with van der Waals surface area (Å²) < 4.78 is 25.5. The molecule has 0 aromatic heterocycles. The van der Waals surface area contributed by atoms with E-state index in [4.69, 9.17) is 40.4 Å². The first-order valence-corrected chi connectivity index (χ1v) is 7.18. The standard InChI is InChI=1S/C7H4ClFN2O3.C7H6ClFN2O/c8-4-2-5(9)6(11(13)14)1-3(4)7(10)12;8-4-2-5(9)6(10)1-3(4)7(11)12/h1-2H,(H2,10,12);1-2H,10H2,(H2,11,12). The highest BCUT2D eigenvalue weighted by Crippen LogP contribution is 2.25. The summed E-state index contributed by atoms with van der Waals surface area (Å²) in [5.74, 6) is -3.44. The molecule has 0 aliphatic rings. The molecular formula is C14H10Cl2F2N4O4. The molecule has 0 fully saturated rings. The molecule has 0 atom stereocenters. The van der Waals surface area contributed by atoms with Crippen molar-refractivity contribution in [1.82, 2.24) is 0 Å². The second-order valence-corrected chi connectivity index (χ2v) is 5.44. The van der Waals surface area contributed by atoms with Gasteiger partial charge in [0.25, 0.3) is 0 Å².